The van der Waals surface area contributed by atoms with E-state index in [1.165, 1.54) is 6.42 Å². The van der Waals surface area contributed by atoms with Gasteiger partial charge in [-0.2, -0.15) is 0 Å². The Morgan fingerprint density at radius 1 is 1.20 bits per heavy atom. The first-order valence-corrected chi connectivity index (χ1v) is 3.94. The molecule has 0 aromatic rings. The molecule has 0 aromatic carbocycles. The summed E-state index contributed by atoms with van der Waals surface area (Å²) >= 11 is 0. The second-order valence-electron chi connectivity index (χ2n) is 4.02. The van der Waals surface area contributed by atoms with Crippen LogP contribution in [0.3, 0.4) is 0 Å². The molecule has 0 N–H and O–H groups in total. The highest BCUT2D eigenvalue weighted by molar-refractivity contribution is 5.12. The number of allylic oxidation sites excluding steroid dienone is 4. The third-order valence-corrected chi connectivity index (χ3v) is 2.09. The van der Waals surface area contributed by atoms with Crippen molar-refractivity contribution in [3.8, 4) is 0 Å². The Morgan fingerprint density at radius 2 is 1.90 bits per heavy atom. The van der Waals surface area contributed by atoms with E-state index >= 15 is 0 Å². The summed E-state index contributed by atoms with van der Waals surface area (Å²) in [6.45, 7) is 6.88. The summed E-state index contributed by atoms with van der Waals surface area (Å²) in [6, 6.07) is 0. The van der Waals surface area contributed by atoms with Gasteiger partial charge in [0.2, 0.25) is 0 Å². The Hall–Kier alpha value is -0.520. The van der Waals surface area contributed by atoms with Crippen molar-refractivity contribution >= 4 is 0 Å². The van der Waals surface area contributed by atoms with Gasteiger partial charge < -0.3 is 0 Å². The highest BCUT2D eigenvalue weighted by atomic mass is 14.3. The predicted octanol–water partition coefficient (Wildman–Crippen LogP) is 3.16. The lowest BCUT2D eigenvalue weighted by Gasteiger charge is -2.28. The van der Waals surface area contributed by atoms with Crippen molar-refractivity contribution in [3.63, 3.8) is 0 Å². The van der Waals surface area contributed by atoms with Gasteiger partial charge in [0.05, 0.1) is 0 Å². The number of hydrogen-bond donors (Lipinski definition) is 0. The fourth-order valence-electron chi connectivity index (χ4n) is 1.22. The van der Waals surface area contributed by atoms with Crippen LogP contribution in [-0.4, -0.2) is 0 Å². The van der Waals surface area contributed by atoms with Gasteiger partial charge in [0.25, 0.3) is 0 Å². The third-order valence-electron chi connectivity index (χ3n) is 2.09. The van der Waals surface area contributed by atoms with Gasteiger partial charge >= 0.3 is 0 Å². The molecule has 1 aliphatic carbocycles. The average Bonchev–Trinajstić information content (AvgIpc) is 1.88. The largest absolute Gasteiger partial charge is 0.0839 e. The lowest BCUT2D eigenvalue weighted by atomic mass is 9.77. The normalized spacial score (nSPS) is 25.3. The standard InChI is InChI=1S/C10H16/c1-10(2,3)9-7-5-4-6-8-9/h4-7,9H,8H2,1-3H3. The van der Waals surface area contributed by atoms with Crippen molar-refractivity contribution in [3.05, 3.63) is 24.3 Å². The second-order valence-corrected chi connectivity index (χ2v) is 4.02. The van der Waals surface area contributed by atoms with E-state index < -0.39 is 0 Å². The average molecular weight is 136 g/mol. The molecule has 0 aliphatic heterocycles. The molecule has 1 aliphatic rings. The molecule has 1 unspecified atom stereocenters. The fourth-order valence-corrected chi connectivity index (χ4v) is 1.22. The molecule has 0 aromatic heterocycles. The van der Waals surface area contributed by atoms with Crippen LogP contribution in [0.2, 0.25) is 0 Å². The van der Waals surface area contributed by atoms with Crippen molar-refractivity contribution < 1.29 is 0 Å². The van der Waals surface area contributed by atoms with E-state index in [-0.39, 0.29) is 0 Å². The van der Waals surface area contributed by atoms with Crippen molar-refractivity contribution in [1.29, 1.82) is 0 Å². The number of rotatable bonds is 0. The zero-order chi connectivity index (χ0) is 7.61. The summed E-state index contributed by atoms with van der Waals surface area (Å²) in [4.78, 5) is 0. The maximum Gasteiger partial charge on any atom is -0.0147 e. The summed E-state index contributed by atoms with van der Waals surface area (Å²) in [5, 5.41) is 0. The first-order valence-electron chi connectivity index (χ1n) is 3.94. The molecule has 56 valence electrons. The molecule has 0 saturated carbocycles. The Balaban J connectivity index is 2.60. The molecule has 0 spiro atoms. The van der Waals surface area contributed by atoms with E-state index in [1.54, 1.807) is 0 Å². The van der Waals surface area contributed by atoms with E-state index in [4.69, 9.17) is 0 Å². The molecule has 0 radical (unpaired) electrons. The van der Waals surface area contributed by atoms with E-state index in [0.717, 1.165) is 5.92 Å². The zero-order valence-electron chi connectivity index (χ0n) is 7.09. The summed E-state index contributed by atoms with van der Waals surface area (Å²) < 4.78 is 0. The van der Waals surface area contributed by atoms with Gasteiger partial charge in [-0.25, -0.2) is 0 Å². The Morgan fingerprint density at radius 3 is 2.20 bits per heavy atom. The van der Waals surface area contributed by atoms with Gasteiger partial charge in [0.15, 0.2) is 0 Å². The lowest BCUT2D eigenvalue weighted by Crippen LogP contribution is -2.18. The van der Waals surface area contributed by atoms with Gasteiger partial charge in [-0.05, 0) is 17.8 Å². The van der Waals surface area contributed by atoms with Crippen LogP contribution in [0.25, 0.3) is 0 Å². The molecular weight excluding hydrogens is 120 g/mol. The summed E-state index contributed by atoms with van der Waals surface area (Å²) in [7, 11) is 0. The van der Waals surface area contributed by atoms with Gasteiger partial charge in [-0.1, -0.05) is 45.1 Å². The van der Waals surface area contributed by atoms with Crippen molar-refractivity contribution in [1.82, 2.24) is 0 Å². The lowest BCUT2D eigenvalue weighted by molar-refractivity contribution is 0.293. The van der Waals surface area contributed by atoms with Crippen LogP contribution in [0, 0.1) is 11.3 Å². The van der Waals surface area contributed by atoms with E-state index in [0.29, 0.717) is 5.41 Å². The summed E-state index contributed by atoms with van der Waals surface area (Å²) in [5.74, 6) is 0.734. The van der Waals surface area contributed by atoms with Gasteiger partial charge in [-0.3, -0.25) is 0 Å². The predicted molar refractivity (Wildman–Crippen MR) is 45.8 cm³/mol. The highest BCUT2D eigenvalue weighted by Crippen LogP contribution is 2.31. The van der Waals surface area contributed by atoms with Crippen molar-refractivity contribution in [2.75, 3.05) is 0 Å². The molecular formula is C10H16. The van der Waals surface area contributed by atoms with Crippen LogP contribution < -0.4 is 0 Å². The first kappa shape index (κ1) is 7.59. The minimum atomic E-state index is 0.432. The van der Waals surface area contributed by atoms with Gasteiger partial charge in [0, 0.05) is 0 Å². The van der Waals surface area contributed by atoms with Crippen molar-refractivity contribution in [2.45, 2.75) is 27.2 Å². The monoisotopic (exact) mass is 136 g/mol. The highest BCUT2D eigenvalue weighted by Gasteiger charge is 2.21. The maximum absolute atomic E-state index is 2.31. The van der Waals surface area contributed by atoms with Crippen LogP contribution in [0.15, 0.2) is 24.3 Å². The van der Waals surface area contributed by atoms with Crippen LogP contribution in [0.4, 0.5) is 0 Å². The number of hydrogen-bond acceptors (Lipinski definition) is 0. The molecule has 0 heteroatoms. The van der Waals surface area contributed by atoms with E-state index in [2.05, 4.69) is 45.1 Å². The quantitative estimate of drug-likeness (QED) is 0.480. The van der Waals surface area contributed by atoms with Crippen LogP contribution in [0.1, 0.15) is 27.2 Å². The Kier molecular flexibility index (Phi) is 1.98. The maximum atomic E-state index is 2.31. The minimum Gasteiger partial charge on any atom is -0.0839 e. The van der Waals surface area contributed by atoms with Crippen molar-refractivity contribution in [2.24, 2.45) is 11.3 Å². The first-order chi connectivity index (χ1) is 4.61. The molecule has 0 fully saturated rings. The van der Waals surface area contributed by atoms with Crippen LogP contribution in [0.5, 0.6) is 0 Å². The molecule has 0 heterocycles. The summed E-state index contributed by atoms with van der Waals surface area (Å²) in [6.07, 6.45) is 10.0. The fraction of sp³-hybridized carbons (Fsp3) is 0.600. The Bertz CT molecular complexity index is 155. The molecule has 0 bridgehead atoms. The van der Waals surface area contributed by atoms with Gasteiger partial charge in [0.1, 0.15) is 0 Å². The molecule has 0 nitrogen and oxygen atoms in total. The minimum absolute atomic E-state index is 0.432. The molecule has 1 atom stereocenters. The zero-order valence-corrected chi connectivity index (χ0v) is 7.09. The smallest absolute Gasteiger partial charge is 0.0147 e. The Labute approximate surface area is 63.6 Å². The van der Waals surface area contributed by atoms with Gasteiger partial charge in [-0.15, -0.1) is 0 Å². The topological polar surface area (TPSA) is 0 Å². The van der Waals surface area contributed by atoms with E-state index in [9.17, 15) is 0 Å². The van der Waals surface area contributed by atoms with E-state index in [1.807, 2.05) is 0 Å². The SMILES string of the molecule is CC(C)(C)C1C=CC=CC1. The third kappa shape index (κ3) is 1.73. The molecule has 10 heavy (non-hydrogen) atoms. The molecule has 0 amide bonds. The second kappa shape index (κ2) is 2.61. The molecule has 0 saturated heterocycles. The van der Waals surface area contributed by atoms with Crippen LogP contribution >= 0.6 is 0 Å². The van der Waals surface area contributed by atoms with Crippen LogP contribution in [-0.2, 0) is 0 Å². The molecule has 1 rings (SSSR count). The summed E-state index contributed by atoms with van der Waals surface area (Å²) in [5.41, 5.74) is 0.432.